The van der Waals surface area contributed by atoms with Gasteiger partial charge in [-0.2, -0.15) is 0 Å². The van der Waals surface area contributed by atoms with E-state index in [1.807, 2.05) is 74.5 Å². The summed E-state index contributed by atoms with van der Waals surface area (Å²) in [5, 5.41) is 0. The van der Waals surface area contributed by atoms with Crippen LogP contribution in [-0.4, -0.2) is 23.6 Å². The van der Waals surface area contributed by atoms with E-state index in [1.165, 1.54) is 37.7 Å². The van der Waals surface area contributed by atoms with Gasteiger partial charge in [-0.15, -0.1) is 0 Å². The lowest BCUT2D eigenvalue weighted by molar-refractivity contribution is -0.00745. The number of rotatable bonds is 9. The Morgan fingerprint density at radius 1 is 0.844 bits per heavy atom. The van der Waals surface area contributed by atoms with Gasteiger partial charge < -0.3 is 9.47 Å². The van der Waals surface area contributed by atoms with Crippen LogP contribution in [0.15, 0.2) is 84.0 Å². The number of fused-ring (bicyclic) bond motifs is 5. The monoisotopic (exact) mass is 608 g/mol. The van der Waals surface area contributed by atoms with Gasteiger partial charge in [0, 0.05) is 6.42 Å². The maximum absolute atomic E-state index is 12.8. The summed E-state index contributed by atoms with van der Waals surface area (Å²) >= 11 is 0. The molecule has 7 atom stereocenters. The van der Waals surface area contributed by atoms with Gasteiger partial charge in [0.15, 0.2) is 0 Å². The van der Waals surface area contributed by atoms with Crippen LogP contribution in [0.3, 0.4) is 0 Å². The van der Waals surface area contributed by atoms with Crippen LogP contribution in [0, 0.1) is 34.5 Å². The molecule has 4 aliphatic rings. The van der Waals surface area contributed by atoms with Crippen LogP contribution in [-0.2, 0) is 9.47 Å². The molecule has 4 nitrogen and oxygen atoms in total. The molecule has 2 aromatic rings. The second-order valence-corrected chi connectivity index (χ2v) is 15.6. The van der Waals surface area contributed by atoms with Crippen LogP contribution in [0.4, 0.5) is 0 Å². The largest absolute Gasteiger partial charge is 0.458 e. The van der Waals surface area contributed by atoms with Gasteiger partial charge >= 0.3 is 11.9 Å². The fourth-order valence-corrected chi connectivity index (χ4v) is 9.82. The van der Waals surface area contributed by atoms with E-state index in [-0.39, 0.29) is 23.5 Å². The van der Waals surface area contributed by atoms with E-state index >= 15 is 0 Å². The van der Waals surface area contributed by atoms with Gasteiger partial charge in [-0.1, -0.05) is 86.9 Å². The first kappa shape index (κ1) is 31.8. The van der Waals surface area contributed by atoms with Crippen molar-refractivity contribution in [3.05, 3.63) is 95.1 Å². The summed E-state index contributed by atoms with van der Waals surface area (Å²) in [7, 11) is 0. The summed E-state index contributed by atoms with van der Waals surface area (Å²) in [5.41, 5.74) is 4.49. The van der Waals surface area contributed by atoms with Crippen molar-refractivity contribution < 1.29 is 19.1 Å². The van der Waals surface area contributed by atoms with Gasteiger partial charge in [0.2, 0.25) is 0 Å². The van der Waals surface area contributed by atoms with E-state index in [9.17, 15) is 9.59 Å². The molecule has 3 saturated carbocycles. The second kappa shape index (κ2) is 12.6. The molecule has 0 spiro atoms. The summed E-state index contributed by atoms with van der Waals surface area (Å²) in [6, 6.07) is 18.7. The molecule has 0 amide bonds. The Balaban J connectivity index is 1.07. The number of ether oxygens (including phenoxy) is 2. The smallest absolute Gasteiger partial charge is 0.338 e. The zero-order valence-electron chi connectivity index (χ0n) is 28.0. The lowest BCUT2D eigenvalue weighted by Gasteiger charge is -2.55. The average Bonchev–Trinajstić information content (AvgIpc) is 3.39. The molecule has 0 radical (unpaired) electrons. The number of carbonyl (C=O) groups is 2. The molecule has 6 rings (SSSR count). The number of carbonyl (C=O) groups excluding carboxylic acids is 2. The van der Waals surface area contributed by atoms with E-state index in [0.29, 0.717) is 34.3 Å². The molecule has 0 aliphatic heterocycles. The van der Waals surface area contributed by atoms with Crippen LogP contribution in [0.2, 0.25) is 0 Å². The Bertz CT molecular complexity index is 1440. The van der Waals surface area contributed by atoms with E-state index in [1.54, 1.807) is 5.57 Å². The number of hydrogen-bond acceptors (Lipinski definition) is 4. The standard InChI is InChI=1S/C41H52O4/c1-28(13-12-24-39(2,3)45-38(43)30-16-10-7-11-17-30)34-20-21-35-33-19-18-31-27-32(44-37(42)29-14-8-6-9-15-29)22-25-40(31,4)36(33)23-26-41(34,35)5/h6-11,14-19,28,32,34-36H,12-13,20-27H2,1-5H3. The molecule has 2 aromatic carbocycles. The molecule has 45 heavy (non-hydrogen) atoms. The van der Waals surface area contributed by atoms with Crippen LogP contribution < -0.4 is 0 Å². The first-order valence-electron chi connectivity index (χ1n) is 17.5. The first-order valence-corrected chi connectivity index (χ1v) is 17.5. The van der Waals surface area contributed by atoms with Crippen molar-refractivity contribution in [2.24, 2.45) is 34.5 Å². The highest BCUT2D eigenvalue weighted by atomic mass is 16.6. The molecule has 0 saturated heterocycles. The molecule has 7 unspecified atom stereocenters. The summed E-state index contributed by atoms with van der Waals surface area (Å²) < 4.78 is 11.9. The molecule has 0 N–H and O–H groups in total. The van der Waals surface area contributed by atoms with Crippen LogP contribution in [0.25, 0.3) is 0 Å². The van der Waals surface area contributed by atoms with Crippen molar-refractivity contribution in [3.63, 3.8) is 0 Å². The normalized spacial score (nSPS) is 31.4. The summed E-state index contributed by atoms with van der Waals surface area (Å²) in [5.74, 6) is 2.22. The van der Waals surface area contributed by atoms with E-state index in [4.69, 9.17) is 9.47 Å². The molecular weight excluding hydrogens is 556 g/mol. The Kier molecular flexibility index (Phi) is 8.89. The third-order valence-corrected chi connectivity index (χ3v) is 12.4. The molecule has 4 aliphatic carbocycles. The summed E-state index contributed by atoms with van der Waals surface area (Å²) in [4.78, 5) is 25.4. The van der Waals surface area contributed by atoms with E-state index in [2.05, 4.69) is 32.9 Å². The highest BCUT2D eigenvalue weighted by Crippen LogP contribution is 2.66. The van der Waals surface area contributed by atoms with Gasteiger partial charge in [-0.05, 0) is 124 Å². The fourth-order valence-electron chi connectivity index (χ4n) is 9.82. The highest BCUT2D eigenvalue weighted by Gasteiger charge is 2.57. The SMILES string of the molecule is CC(CCCC(C)(C)OC(=O)c1ccccc1)C1CCC2C3=CC=C4CC(OC(=O)c5ccccc5)CCC4(C)C3CCC21C. The maximum Gasteiger partial charge on any atom is 0.338 e. The number of benzene rings is 2. The highest BCUT2D eigenvalue weighted by molar-refractivity contribution is 5.90. The Morgan fingerprint density at radius 3 is 2.20 bits per heavy atom. The third kappa shape index (κ3) is 6.31. The van der Waals surface area contributed by atoms with Crippen molar-refractivity contribution in [1.29, 1.82) is 0 Å². The topological polar surface area (TPSA) is 52.6 Å². The van der Waals surface area contributed by atoms with Crippen molar-refractivity contribution in [3.8, 4) is 0 Å². The first-order chi connectivity index (χ1) is 21.5. The van der Waals surface area contributed by atoms with E-state index < -0.39 is 5.60 Å². The predicted octanol–water partition coefficient (Wildman–Crippen LogP) is 10.2. The zero-order chi connectivity index (χ0) is 31.8. The van der Waals surface area contributed by atoms with E-state index in [0.717, 1.165) is 38.0 Å². The van der Waals surface area contributed by atoms with Gasteiger partial charge in [0.1, 0.15) is 11.7 Å². The number of esters is 2. The molecular formula is C41H52O4. The maximum atomic E-state index is 12.8. The lowest BCUT2D eigenvalue weighted by Crippen LogP contribution is -2.46. The Morgan fingerprint density at radius 2 is 1.51 bits per heavy atom. The van der Waals surface area contributed by atoms with Gasteiger partial charge in [0.25, 0.3) is 0 Å². The average molecular weight is 609 g/mol. The lowest BCUT2D eigenvalue weighted by atomic mass is 9.50. The van der Waals surface area contributed by atoms with Crippen molar-refractivity contribution in [2.75, 3.05) is 0 Å². The molecule has 4 heteroatoms. The quantitative estimate of drug-likeness (QED) is 0.266. The van der Waals surface area contributed by atoms with Crippen LogP contribution >= 0.6 is 0 Å². The molecule has 0 heterocycles. The Hall–Kier alpha value is -3.14. The zero-order valence-corrected chi connectivity index (χ0v) is 28.0. The number of allylic oxidation sites excluding steroid dienone is 3. The molecule has 240 valence electrons. The predicted molar refractivity (Wildman–Crippen MR) is 180 cm³/mol. The van der Waals surface area contributed by atoms with Crippen LogP contribution in [0.5, 0.6) is 0 Å². The van der Waals surface area contributed by atoms with Gasteiger partial charge in [-0.3, -0.25) is 0 Å². The summed E-state index contributed by atoms with van der Waals surface area (Å²) in [6.07, 6.45) is 16.0. The van der Waals surface area contributed by atoms with Crippen molar-refractivity contribution in [2.45, 2.75) is 111 Å². The summed E-state index contributed by atoms with van der Waals surface area (Å²) in [6.45, 7) is 11.7. The van der Waals surface area contributed by atoms with Crippen LogP contribution in [0.1, 0.15) is 120 Å². The minimum atomic E-state index is -0.474. The molecule has 0 bridgehead atoms. The molecule has 3 fully saturated rings. The van der Waals surface area contributed by atoms with Gasteiger partial charge in [-0.25, -0.2) is 9.59 Å². The van der Waals surface area contributed by atoms with Crippen molar-refractivity contribution in [1.82, 2.24) is 0 Å². The second-order valence-electron chi connectivity index (χ2n) is 15.6. The third-order valence-electron chi connectivity index (χ3n) is 12.4. The Labute approximate surface area is 270 Å². The molecule has 0 aromatic heterocycles. The van der Waals surface area contributed by atoms with Crippen molar-refractivity contribution >= 4 is 11.9 Å². The fraction of sp³-hybridized carbons (Fsp3) is 0.561. The van der Waals surface area contributed by atoms with Gasteiger partial charge in [0.05, 0.1) is 11.1 Å². The minimum Gasteiger partial charge on any atom is -0.458 e. The minimum absolute atomic E-state index is 0.0376. The number of hydrogen-bond donors (Lipinski definition) is 0.